The molecule has 9 nitrogen and oxygen atoms in total. The van der Waals surface area contributed by atoms with Crippen LogP contribution in [0.4, 0.5) is 22.7 Å². The summed E-state index contributed by atoms with van der Waals surface area (Å²) in [6.45, 7) is 1.78. The van der Waals surface area contributed by atoms with Crippen LogP contribution < -0.4 is 19.8 Å². The number of hydrogen-bond acceptors (Lipinski definition) is 7. The van der Waals surface area contributed by atoms with E-state index in [1.54, 1.807) is 55.1 Å². The zero-order valence-corrected chi connectivity index (χ0v) is 20.1. The van der Waals surface area contributed by atoms with Crippen molar-refractivity contribution < 1.29 is 18.0 Å². The fourth-order valence-corrected chi connectivity index (χ4v) is 4.89. The highest BCUT2D eigenvalue weighted by Crippen LogP contribution is 2.40. The molecule has 1 aliphatic rings. The quantitative estimate of drug-likeness (QED) is 0.415. The summed E-state index contributed by atoms with van der Waals surface area (Å²) >= 11 is 0. The lowest BCUT2D eigenvalue weighted by Crippen LogP contribution is -2.26. The van der Waals surface area contributed by atoms with Gasteiger partial charge >= 0.3 is 0 Å². The van der Waals surface area contributed by atoms with E-state index in [0.29, 0.717) is 23.6 Å². The fourth-order valence-electron chi connectivity index (χ4n) is 3.75. The van der Waals surface area contributed by atoms with Crippen molar-refractivity contribution in [3.8, 4) is 6.07 Å². The number of Topliss-reactive ketones (excluding diaryl/α,β-unsaturated/α-hetero) is 1. The van der Waals surface area contributed by atoms with Crippen molar-refractivity contribution >= 4 is 44.5 Å². The van der Waals surface area contributed by atoms with Gasteiger partial charge in [0.25, 0.3) is 0 Å². The molecule has 0 radical (unpaired) electrons. The number of benzene rings is 2. The summed E-state index contributed by atoms with van der Waals surface area (Å²) in [7, 11) is 0.191. The number of rotatable bonds is 9. The molecule has 2 aromatic carbocycles. The van der Waals surface area contributed by atoms with Gasteiger partial charge in [0.15, 0.2) is 5.78 Å². The molecule has 0 atom stereocenters. The zero-order valence-electron chi connectivity index (χ0n) is 19.3. The molecule has 0 saturated carbocycles. The Morgan fingerprint density at radius 1 is 0.941 bits per heavy atom. The number of hydrogen-bond donors (Lipinski definition) is 2. The third-order valence-electron chi connectivity index (χ3n) is 5.35. The monoisotopic (exact) mass is 481 g/mol. The van der Waals surface area contributed by atoms with Crippen LogP contribution in [-0.4, -0.2) is 40.0 Å². The van der Waals surface area contributed by atoms with E-state index in [1.165, 1.54) is 0 Å². The van der Waals surface area contributed by atoms with E-state index in [1.807, 2.05) is 30.3 Å². The maximum absolute atomic E-state index is 12.8. The van der Waals surface area contributed by atoms with E-state index < -0.39 is 15.8 Å². The van der Waals surface area contributed by atoms with Gasteiger partial charge < -0.3 is 15.1 Å². The smallest absolute Gasteiger partial charge is 0.232 e. The highest BCUT2D eigenvalue weighted by atomic mass is 32.2. The molecule has 0 aliphatic carbocycles. The number of carbonyl (C=O) groups is 2. The Morgan fingerprint density at radius 2 is 1.50 bits per heavy atom. The molecular weight excluding hydrogens is 454 g/mol. The molecule has 0 saturated heterocycles. The topological polar surface area (TPSA) is 123 Å². The first-order valence-corrected chi connectivity index (χ1v) is 12.5. The Hall–Kier alpha value is -3.84. The molecule has 0 fully saturated rings. The Balaban J connectivity index is 1.61. The lowest BCUT2D eigenvalue weighted by atomic mass is 10.1. The number of para-hydroxylation sites is 2. The highest BCUT2D eigenvalue weighted by molar-refractivity contribution is 7.92. The summed E-state index contributed by atoms with van der Waals surface area (Å²) < 4.78 is 26.2. The third-order valence-corrected chi connectivity index (χ3v) is 6.84. The third kappa shape index (κ3) is 5.55. The van der Waals surface area contributed by atoms with Crippen LogP contribution in [0.5, 0.6) is 0 Å². The average molecular weight is 482 g/mol. The van der Waals surface area contributed by atoms with E-state index in [0.717, 1.165) is 11.4 Å². The van der Waals surface area contributed by atoms with Crippen molar-refractivity contribution in [1.29, 1.82) is 5.26 Å². The summed E-state index contributed by atoms with van der Waals surface area (Å²) in [5.41, 5.74) is 2.65. The molecule has 1 amide bonds. The Labute approximate surface area is 199 Å². The van der Waals surface area contributed by atoms with Gasteiger partial charge in [-0.1, -0.05) is 19.1 Å². The number of nitrogens with one attached hydrogen (secondary N) is 2. The highest BCUT2D eigenvalue weighted by Gasteiger charge is 2.31. The molecule has 1 heterocycles. The molecule has 2 aromatic rings. The van der Waals surface area contributed by atoms with Gasteiger partial charge in [0.2, 0.25) is 15.9 Å². The molecule has 0 bridgehead atoms. The maximum atomic E-state index is 12.8. The van der Waals surface area contributed by atoms with Crippen LogP contribution in [-0.2, 0) is 19.6 Å². The van der Waals surface area contributed by atoms with Gasteiger partial charge in [0, 0.05) is 38.3 Å². The standard InChI is InChI=1S/C24H27N5O4S/c1-4-15-34(32,33)27-18-11-9-17(10-12-18)26-23(31)14-13-22(30)19(16-25)24-28(2)20-7-5-6-8-21(20)29(24)3/h5-12,27H,4,13-15H2,1-3H3,(H,26,31). The van der Waals surface area contributed by atoms with Gasteiger partial charge in [-0.3, -0.25) is 14.3 Å². The molecule has 0 spiro atoms. The van der Waals surface area contributed by atoms with Crippen molar-refractivity contribution in [2.45, 2.75) is 26.2 Å². The Kier molecular flexibility index (Phi) is 7.58. The zero-order chi connectivity index (χ0) is 24.9. The lowest BCUT2D eigenvalue weighted by molar-refractivity contribution is -0.120. The lowest BCUT2D eigenvalue weighted by Gasteiger charge is -2.19. The number of nitrogens with zero attached hydrogens (tertiary/aromatic N) is 3. The average Bonchev–Trinajstić information content (AvgIpc) is 3.05. The molecule has 2 N–H and O–H groups in total. The van der Waals surface area contributed by atoms with Gasteiger partial charge in [0.1, 0.15) is 17.5 Å². The maximum Gasteiger partial charge on any atom is 0.232 e. The van der Waals surface area contributed by atoms with E-state index in [-0.39, 0.29) is 30.1 Å². The number of nitriles is 1. The van der Waals surface area contributed by atoms with Crippen LogP contribution in [0.1, 0.15) is 26.2 Å². The molecule has 10 heteroatoms. The minimum atomic E-state index is -3.39. The molecule has 34 heavy (non-hydrogen) atoms. The number of sulfonamides is 1. The fraction of sp³-hybridized carbons (Fsp3) is 0.292. The molecule has 178 valence electrons. The first-order valence-electron chi connectivity index (χ1n) is 10.8. The second kappa shape index (κ2) is 10.4. The van der Waals surface area contributed by atoms with E-state index in [4.69, 9.17) is 0 Å². The SMILES string of the molecule is CCCS(=O)(=O)Nc1ccc(NC(=O)CCC(=O)C(C#N)=C2N(C)c3ccccc3N2C)cc1. The Morgan fingerprint density at radius 3 is 2.03 bits per heavy atom. The number of allylic oxidation sites excluding steroid dienone is 1. The van der Waals surface area contributed by atoms with Gasteiger partial charge in [0.05, 0.1) is 17.1 Å². The summed E-state index contributed by atoms with van der Waals surface area (Å²) in [4.78, 5) is 28.8. The normalized spacial score (nSPS) is 12.7. The minimum absolute atomic E-state index is 0.00211. The summed E-state index contributed by atoms with van der Waals surface area (Å²) in [5.74, 6) is -0.292. The summed E-state index contributed by atoms with van der Waals surface area (Å²) in [5, 5.41) is 12.4. The van der Waals surface area contributed by atoms with Crippen LogP contribution >= 0.6 is 0 Å². The molecule has 3 rings (SSSR count). The van der Waals surface area contributed by atoms with Crippen LogP contribution in [0.25, 0.3) is 0 Å². The van der Waals surface area contributed by atoms with Crippen molar-refractivity contribution in [1.82, 2.24) is 0 Å². The van der Waals surface area contributed by atoms with E-state index in [9.17, 15) is 23.3 Å². The first kappa shape index (κ1) is 24.8. The van der Waals surface area contributed by atoms with E-state index >= 15 is 0 Å². The van der Waals surface area contributed by atoms with Crippen LogP contribution in [0.2, 0.25) is 0 Å². The van der Waals surface area contributed by atoms with Crippen LogP contribution in [0, 0.1) is 11.3 Å². The van der Waals surface area contributed by atoms with Crippen molar-refractivity contribution in [3.63, 3.8) is 0 Å². The van der Waals surface area contributed by atoms with Gasteiger partial charge in [-0.25, -0.2) is 8.42 Å². The Bertz CT molecular complexity index is 1230. The predicted octanol–water partition coefficient (Wildman–Crippen LogP) is 3.45. The van der Waals surface area contributed by atoms with Crippen molar-refractivity contribution in [2.75, 3.05) is 39.7 Å². The molecule has 0 unspecified atom stereocenters. The van der Waals surface area contributed by atoms with E-state index in [2.05, 4.69) is 10.0 Å². The number of anilines is 4. The molecule has 1 aliphatic heterocycles. The number of ketones is 1. The minimum Gasteiger partial charge on any atom is -0.328 e. The number of fused-ring (bicyclic) bond motifs is 1. The van der Waals surface area contributed by atoms with Crippen molar-refractivity contribution in [2.24, 2.45) is 0 Å². The van der Waals surface area contributed by atoms with Gasteiger partial charge in [-0.15, -0.1) is 0 Å². The van der Waals surface area contributed by atoms with Crippen molar-refractivity contribution in [3.05, 3.63) is 59.9 Å². The molecular formula is C24H27N5O4S. The van der Waals surface area contributed by atoms with Gasteiger partial charge in [-0.05, 0) is 42.8 Å². The van der Waals surface area contributed by atoms with Crippen LogP contribution in [0.15, 0.2) is 59.9 Å². The van der Waals surface area contributed by atoms with Gasteiger partial charge in [-0.2, -0.15) is 5.26 Å². The largest absolute Gasteiger partial charge is 0.328 e. The summed E-state index contributed by atoms with van der Waals surface area (Å²) in [6.07, 6.45) is 0.291. The van der Waals surface area contributed by atoms with Crippen LogP contribution in [0.3, 0.4) is 0 Å². The number of carbonyl (C=O) groups excluding carboxylic acids is 2. The predicted molar refractivity (Wildman–Crippen MR) is 133 cm³/mol. The summed E-state index contributed by atoms with van der Waals surface area (Å²) in [6, 6.07) is 15.8. The number of amides is 1. The second-order valence-electron chi connectivity index (χ2n) is 7.89. The second-order valence-corrected chi connectivity index (χ2v) is 9.73. The first-order chi connectivity index (χ1) is 16.2. The molecule has 0 aromatic heterocycles.